The average Bonchev–Trinajstić information content (AvgIpc) is 2.44. The second-order valence-corrected chi connectivity index (χ2v) is 5.95. The zero-order valence-corrected chi connectivity index (χ0v) is 13.0. The first-order valence-corrected chi connectivity index (χ1v) is 7.67. The van der Waals surface area contributed by atoms with Crippen molar-refractivity contribution in [2.45, 2.75) is 46.0 Å². The van der Waals surface area contributed by atoms with Gasteiger partial charge in [-0.1, -0.05) is 37.5 Å². The van der Waals surface area contributed by atoms with Crippen LogP contribution in [0.15, 0.2) is 18.2 Å². The number of rotatable bonds is 2. The third kappa shape index (κ3) is 3.79. The van der Waals surface area contributed by atoms with Crippen molar-refractivity contribution in [3.8, 4) is 0 Å². The number of hydrogen-bond donors (Lipinski definition) is 2. The highest BCUT2D eigenvalue weighted by molar-refractivity contribution is 7.80. The van der Waals surface area contributed by atoms with Gasteiger partial charge in [0, 0.05) is 11.6 Å². The largest absolute Gasteiger partial charge is 0.332 e. The predicted octanol–water partition coefficient (Wildman–Crippen LogP) is 3.70. The molecule has 0 bridgehead atoms. The van der Waals surface area contributed by atoms with Gasteiger partial charge in [-0.25, -0.2) is 0 Å². The number of thiocarbonyl (C=S) groups is 1. The highest BCUT2D eigenvalue weighted by atomic mass is 32.1. The topological polar surface area (TPSA) is 41.1 Å². The van der Waals surface area contributed by atoms with E-state index in [4.69, 9.17) is 12.2 Å². The third-order valence-corrected chi connectivity index (χ3v) is 4.14. The molecule has 0 unspecified atom stereocenters. The van der Waals surface area contributed by atoms with Crippen molar-refractivity contribution in [1.29, 1.82) is 0 Å². The molecule has 1 aliphatic carbocycles. The van der Waals surface area contributed by atoms with Gasteiger partial charge in [-0.2, -0.15) is 0 Å². The number of benzene rings is 1. The first-order chi connectivity index (χ1) is 9.58. The Kier molecular flexibility index (Phi) is 5.12. The average molecular weight is 290 g/mol. The van der Waals surface area contributed by atoms with Crippen molar-refractivity contribution in [3.63, 3.8) is 0 Å². The van der Waals surface area contributed by atoms with Gasteiger partial charge in [-0.05, 0) is 50.0 Å². The van der Waals surface area contributed by atoms with Crippen LogP contribution in [-0.4, -0.2) is 11.0 Å². The van der Waals surface area contributed by atoms with Gasteiger partial charge in [0.05, 0.1) is 0 Å². The number of carbonyl (C=O) groups is 1. The fourth-order valence-electron chi connectivity index (χ4n) is 2.74. The van der Waals surface area contributed by atoms with Crippen LogP contribution in [0.2, 0.25) is 0 Å². The van der Waals surface area contributed by atoms with Crippen molar-refractivity contribution in [3.05, 3.63) is 29.3 Å². The number of nitrogens with one attached hydrogen (secondary N) is 2. The Morgan fingerprint density at radius 1 is 1.15 bits per heavy atom. The van der Waals surface area contributed by atoms with E-state index in [1.807, 2.05) is 32.0 Å². The van der Waals surface area contributed by atoms with Gasteiger partial charge in [0.2, 0.25) is 5.91 Å². The first kappa shape index (κ1) is 15.0. The zero-order chi connectivity index (χ0) is 14.5. The van der Waals surface area contributed by atoms with Crippen LogP contribution < -0.4 is 10.6 Å². The van der Waals surface area contributed by atoms with Crippen molar-refractivity contribution < 1.29 is 4.79 Å². The second-order valence-electron chi connectivity index (χ2n) is 5.55. The fourth-order valence-corrected chi connectivity index (χ4v) is 2.94. The molecule has 0 heterocycles. The number of carbonyl (C=O) groups excluding carboxylic acids is 1. The molecule has 0 atom stereocenters. The number of aryl methyl sites for hydroxylation is 2. The van der Waals surface area contributed by atoms with E-state index in [1.165, 1.54) is 6.42 Å². The molecule has 2 rings (SSSR count). The Labute approximate surface area is 126 Å². The number of amides is 1. The summed E-state index contributed by atoms with van der Waals surface area (Å²) in [7, 11) is 0. The van der Waals surface area contributed by atoms with Crippen LogP contribution in [0, 0.1) is 19.8 Å². The van der Waals surface area contributed by atoms with Crippen LogP contribution in [0.5, 0.6) is 0 Å². The Morgan fingerprint density at radius 3 is 2.35 bits per heavy atom. The minimum absolute atomic E-state index is 0.0634. The minimum atomic E-state index is 0.0634. The van der Waals surface area contributed by atoms with E-state index >= 15 is 0 Å². The molecule has 0 saturated heterocycles. The van der Waals surface area contributed by atoms with Gasteiger partial charge in [-0.15, -0.1) is 0 Å². The molecule has 0 radical (unpaired) electrons. The summed E-state index contributed by atoms with van der Waals surface area (Å²) in [5.41, 5.74) is 3.24. The molecule has 2 N–H and O–H groups in total. The number of para-hydroxylation sites is 1. The van der Waals surface area contributed by atoms with Gasteiger partial charge in [0.25, 0.3) is 0 Å². The zero-order valence-electron chi connectivity index (χ0n) is 12.2. The normalized spacial score (nSPS) is 15.7. The van der Waals surface area contributed by atoms with E-state index < -0.39 is 0 Å². The lowest BCUT2D eigenvalue weighted by Crippen LogP contribution is -2.39. The van der Waals surface area contributed by atoms with Crippen molar-refractivity contribution in [1.82, 2.24) is 5.32 Å². The molecule has 1 amide bonds. The number of anilines is 1. The molecule has 0 aliphatic heterocycles. The molecule has 0 spiro atoms. The molecule has 20 heavy (non-hydrogen) atoms. The lowest BCUT2D eigenvalue weighted by Gasteiger charge is -2.21. The molecule has 1 aromatic rings. The van der Waals surface area contributed by atoms with Crippen molar-refractivity contribution in [2.75, 3.05) is 5.32 Å². The van der Waals surface area contributed by atoms with E-state index in [9.17, 15) is 4.79 Å². The van der Waals surface area contributed by atoms with Crippen LogP contribution in [0.25, 0.3) is 0 Å². The van der Waals surface area contributed by atoms with Gasteiger partial charge < -0.3 is 10.6 Å². The molecular formula is C16H22N2OS. The molecule has 0 aromatic heterocycles. The number of hydrogen-bond acceptors (Lipinski definition) is 2. The van der Waals surface area contributed by atoms with Gasteiger partial charge >= 0.3 is 0 Å². The van der Waals surface area contributed by atoms with Crippen LogP contribution in [0.3, 0.4) is 0 Å². The van der Waals surface area contributed by atoms with E-state index in [2.05, 4.69) is 10.6 Å². The van der Waals surface area contributed by atoms with Crippen LogP contribution in [0.1, 0.15) is 43.2 Å². The highest BCUT2D eigenvalue weighted by Gasteiger charge is 2.21. The molecule has 1 aliphatic rings. The smallest absolute Gasteiger partial charge is 0.229 e. The predicted molar refractivity (Wildman–Crippen MR) is 86.9 cm³/mol. The van der Waals surface area contributed by atoms with Crippen LogP contribution in [-0.2, 0) is 4.79 Å². The summed E-state index contributed by atoms with van der Waals surface area (Å²) in [6.45, 7) is 4.06. The SMILES string of the molecule is Cc1cccc(C)c1NC(=S)NC(=O)C1CCCCC1. The molecular weight excluding hydrogens is 268 g/mol. The third-order valence-electron chi connectivity index (χ3n) is 3.93. The summed E-state index contributed by atoms with van der Waals surface area (Å²) in [5.74, 6) is 0.190. The Morgan fingerprint density at radius 2 is 1.75 bits per heavy atom. The Hall–Kier alpha value is -1.42. The maximum absolute atomic E-state index is 12.1. The summed E-state index contributed by atoms with van der Waals surface area (Å²) in [6.07, 6.45) is 5.51. The fraction of sp³-hybridized carbons (Fsp3) is 0.500. The lowest BCUT2D eigenvalue weighted by molar-refractivity contribution is -0.124. The maximum Gasteiger partial charge on any atom is 0.229 e. The first-order valence-electron chi connectivity index (χ1n) is 7.26. The minimum Gasteiger partial charge on any atom is -0.332 e. The molecule has 4 heteroatoms. The maximum atomic E-state index is 12.1. The van der Waals surface area contributed by atoms with E-state index in [0.29, 0.717) is 5.11 Å². The monoisotopic (exact) mass is 290 g/mol. The summed E-state index contributed by atoms with van der Waals surface area (Å²) < 4.78 is 0. The standard InChI is InChI=1S/C16H22N2OS/c1-11-7-6-8-12(2)14(11)17-16(20)18-15(19)13-9-4-3-5-10-13/h6-8,13H,3-5,9-10H2,1-2H3,(H2,17,18,19,20). The highest BCUT2D eigenvalue weighted by Crippen LogP contribution is 2.24. The van der Waals surface area contributed by atoms with Gasteiger partial charge in [-0.3, -0.25) is 4.79 Å². The van der Waals surface area contributed by atoms with Crippen LogP contribution in [0.4, 0.5) is 5.69 Å². The van der Waals surface area contributed by atoms with E-state index in [0.717, 1.165) is 42.5 Å². The van der Waals surface area contributed by atoms with Gasteiger partial charge in [0.1, 0.15) is 0 Å². The van der Waals surface area contributed by atoms with Crippen molar-refractivity contribution in [2.24, 2.45) is 5.92 Å². The quantitative estimate of drug-likeness (QED) is 0.816. The Balaban J connectivity index is 1.93. The van der Waals surface area contributed by atoms with Crippen molar-refractivity contribution >= 4 is 28.9 Å². The second kappa shape index (κ2) is 6.84. The molecule has 3 nitrogen and oxygen atoms in total. The molecule has 1 fully saturated rings. The Bertz CT molecular complexity index is 487. The molecule has 1 saturated carbocycles. The summed E-state index contributed by atoms with van der Waals surface area (Å²) >= 11 is 5.26. The van der Waals surface area contributed by atoms with Crippen LogP contribution >= 0.6 is 12.2 Å². The summed E-state index contributed by atoms with van der Waals surface area (Å²) in [6, 6.07) is 6.07. The van der Waals surface area contributed by atoms with Gasteiger partial charge in [0.15, 0.2) is 5.11 Å². The summed E-state index contributed by atoms with van der Waals surface area (Å²) in [5, 5.41) is 6.38. The van der Waals surface area contributed by atoms with E-state index in [-0.39, 0.29) is 11.8 Å². The molecule has 1 aromatic carbocycles. The van der Waals surface area contributed by atoms with E-state index in [1.54, 1.807) is 0 Å². The summed E-state index contributed by atoms with van der Waals surface area (Å²) in [4.78, 5) is 12.1. The lowest BCUT2D eigenvalue weighted by atomic mass is 9.89. The molecule has 108 valence electrons.